The zero-order chi connectivity index (χ0) is 30.7. The van der Waals surface area contributed by atoms with E-state index >= 15 is 0 Å². The summed E-state index contributed by atoms with van der Waals surface area (Å²) in [5, 5.41) is 26.3. The van der Waals surface area contributed by atoms with Crippen LogP contribution in [0.15, 0.2) is 100 Å². The van der Waals surface area contributed by atoms with Gasteiger partial charge in [-0.2, -0.15) is 5.10 Å². The van der Waals surface area contributed by atoms with Gasteiger partial charge in [-0.25, -0.2) is 14.5 Å². The topological polar surface area (TPSA) is 101 Å². The molecule has 2 N–H and O–H groups in total. The van der Waals surface area contributed by atoms with Crippen LogP contribution in [0.3, 0.4) is 0 Å². The molecular formula is C34H20Cl3N3O4. The summed E-state index contributed by atoms with van der Waals surface area (Å²) in [6.07, 6.45) is 1.83. The predicted octanol–water partition coefficient (Wildman–Crippen LogP) is 9.21. The quantitative estimate of drug-likeness (QED) is 0.113. The Bertz CT molecular complexity index is 2290. The van der Waals surface area contributed by atoms with Gasteiger partial charge >= 0.3 is 5.63 Å². The van der Waals surface area contributed by atoms with E-state index in [1.54, 1.807) is 16.8 Å². The Labute approximate surface area is 265 Å². The number of hydrogen-bond donors (Lipinski definition) is 2. The van der Waals surface area contributed by atoms with Gasteiger partial charge in [0.1, 0.15) is 27.1 Å². The van der Waals surface area contributed by atoms with Crippen LogP contribution in [0.1, 0.15) is 5.56 Å². The second-order valence-electron chi connectivity index (χ2n) is 10.2. The highest BCUT2D eigenvalue weighted by atomic mass is 35.5. The number of para-hydroxylation sites is 1. The molecule has 44 heavy (non-hydrogen) atoms. The Hall–Kier alpha value is -4.82. The van der Waals surface area contributed by atoms with Crippen LogP contribution < -0.4 is 5.63 Å². The second kappa shape index (κ2) is 10.7. The van der Waals surface area contributed by atoms with Gasteiger partial charge in [-0.15, -0.1) is 0 Å². The molecule has 7 rings (SSSR count). The van der Waals surface area contributed by atoms with E-state index in [0.717, 1.165) is 16.8 Å². The minimum atomic E-state index is -0.601. The smallest absolute Gasteiger partial charge is 0.346 e. The summed E-state index contributed by atoms with van der Waals surface area (Å²) in [4.78, 5) is 18.6. The second-order valence-corrected chi connectivity index (χ2v) is 11.4. The van der Waals surface area contributed by atoms with Crippen LogP contribution in [0.25, 0.3) is 61.2 Å². The van der Waals surface area contributed by atoms with E-state index in [2.05, 4.69) is 0 Å². The highest BCUT2D eigenvalue weighted by molar-refractivity contribution is 6.47. The Morgan fingerprint density at radius 2 is 1.50 bits per heavy atom. The molecule has 0 spiro atoms. The number of aromatic nitrogens is 3. The highest BCUT2D eigenvalue weighted by Crippen LogP contribution is 2.51. The van der Waals surface area contributed by atoms with Crippen molar-refractivity contribution in [3.8, 4) is 50.8 Å². The summed E-state index contributed by atoms with van der Waals surface area (Å²) < 4.78 is 7.56. The van der Waals surface area contributed by atoms with Crippen molar-refractivity contribution in [2.24, 2.45) is 0 Å². The first kappa shape index (κ1) is 28.0. The molecule has 216 valence electrons. The number of nitrogens with zero attached hydrogens (tertiary/aromatic N) is 3. The van der Waals surface area contributed by atoms with Gasteiger partial charge in [0.25, 0.3) is 0 Å². The van der Waals surface area contributed by atoms with E-state index < -0.39 is 17.1 Å². The molecule has 0 aliphatic rings. The minimum Gasteiger partial charge on any atom is -0.505 e. The van der Waals surface area contributed by atoms with E-state index in [1.807, 2.05) is 85.9 Å². The Morgan fingerprint density at radius 1 is 0.795 bits per heavy atom. The Kier molecular flexibility index (Phi) is 6.81. The number of fused-ring (bicyclic) bond motifs is 3. The average molecular weight is 641 g/mol. The lowest BCUT2D eigenvalue weighted by Gasteiger charge is -2.15. The first-order valence-electron chi connectivity index (χ1n) is 13.4. The van der Waals surface area contributed by atoms with E-state index in [9.17, 15) is 15.0 Å². The van der Waals surface area contributed by atoms with Gasteiger partial charge in [-0.3, -0.25) is 0 Å². The lowest BCUT2D eigenvalue weighted by molar-refractivity contribution is 0.452. The first-order valence-corrected chi connectivity index (χ1v) is 14.5. The van der Waals surface area contributed by atoms with Gasteiger partial charge in [0, 0.05) is 28.3 Å². The highest BCUT2D eigenvalue weighted by Gasteiger charge is 2.27. The summed E-state index contributed by atoms with van der Waals surface area (Å²) in [6.45, 7) is 1.89. The molecule has 0 saturated heterocycles. The third kappa shape index (κ3) is 4.48. The molecule has 4 aromatic carbocycles. The van der Waals surface area contributed by atoms with Gasteiger partial charge in [0.2, 0.25) is 0 Å². The fourth-order valence-electron chi connectivity index (χ4n) is 5.31. The summed E-state index contributed by atoms with van der Waals surface area (Å²) in [5.74, 6) is -1.07. The molecule has 0 amide bonds. The monoisotopic (exact) mass is 639 g/mol. The number of hydrogen-bond acceptors (Lipinski definition) is 6. The molecule has 7 nitrogen and oxygen atoms in total. The number of rotatable bonds is 4. The maximum Gasteiger partial charge on any atom is 0.346 e. The lowest BCUT2D eigenvalue weighted by atomic mass is 9.96. The summed E-state index contributed by atoms with van der Waals surface area (Å²) >= 11 is 19.2. The molecule has 0 aliphatic heterocycles. The molecule has 0 atom stereocenters. The van der Waals surface area contributed by atoms with Crippen molar-refractivity contribution in [3.63, 3.8) is 0 Å². The van der Waals surface area contributed by atoms with Crippen LogP contribution >= 0.6 is 34.8 Å². The van der Waals surface area contributed by atoms with Gasteiger partial charge in [0.15, 0.2) is 5.75 Å². The average Bonchev–Trinajstić information content (AvgIpc) is 3.49. The first-order chi connectivity index (χ1) is 21.2. The molecule has 7 aromatic rings. The van der Waals surface area contributed by atoms with Crippen LogP contribution in [-0.2, 0) is 0 Å². The van der Waals surface area contributed by atoms with Crippen LogP contribution in [0.2, 0.25) is 15.1 Å². The van der Waals surface area contributed by atoms with Crippen molar-refractivity contribution in [3.05, 3.63) is 122 Å². The number of phenolic OH excluding ortho intramolecular Hbond substituents is 2. The normalized spacial score (nSPS) is 11.5. The van der Waals surface area contributed by atoms with Gasteiger partial charge in [-0.1, -0.05) is 89.4 Å². The van der Waals surface area contributed by atoms with E-state index in [-0.39, 0.29) is 31.7 Å². The number of benzene rings is 4. The van der Waals surface area contributed by atoms with Crippen molar-refractivity contribution in [2.75, 3.05) is 0 Å². The SMILES string of the molecule is Cc1ccc2c(c1)oc(=O)c1c(-c3cn(-c4ccccc4)nc3-c3ccccc3)cc(-c3c(O)c(Cl)c(O)c(Cl)c3Cl)nc12. The molecule has 0 aliphatic carbocycles. The molecule has 0 unspecified atom stereocenters. The third-order valence-corrected chi connectivity index (χ3v) is 8.62. The minimum absolute atomic E-state index is 0.00664. The van der Waals surface area contributed by atoms with Gasteiger partial charge < -0.3 is 14.6 Å². The number of phenols is 2. The van der Waals surface area contributed by atoms with E-state index in [4.69, 9.17) is 49.3 Å². The van der Waals surface area contributed by atoms with E-state index in [0.29, 0.717) is 33.3 Å². The lowest BCUT2D eigenvalue weighted by Crippen LogP contribution is -2.05. The Balaban J connectivity index is 1.65. The molecule has 0 saturated carbocycles. The van der Waals surface area contributed by atoms with Crippen LogP contribution in [0.4, 0.5) is 0 Å². The molecule has 0 bridgehead atoms. The maximum atomic E-state index is 13.8. The zero-order valence-electron chi connectivity index (χ0n) is 22.8. The largest absolute Gasteiger partial charge is 0.505 e. The van der Waals surface area contributed by atoms with Crippen molar-refractivity contribution in [1.82, 2.24) is 14.8 Å². The van der Waals surface area contributed by atoms with Crippen molar-refractivity contribution in [2.45, 2.75) is 6.92 Å². The third-order valence-electron chi connectivity index (χ3n) is 7.42. The molecule has 10 heteroatoms. The van der Waals surface area contributed by atoms with Crippen LogP contribution in [0.5, 0.6) is 11.5 Å². The molecule has 3 heterocycles. The van der Waals surface area contributed by atoms with E-state index in [1.165, 1.54) is 0 Å². The van der Waals surface area contributed by atoms with Crippen molar-refractivity contribution in [1.29, 1.82) is 0 Å². The molecule has 0 radical (unpaired) electrons. The molecular weight excluding hydrogens is 621 g/mol. The van der Waals surface area contributed by atoms with Crippen molar-refractivity contribution >= 4 is 56.7 Å². The van der Waals surface area contributed by atoms with Crippen LogP contribution in [-0.4, -0.2) is 25.0 Å². The fraction of sp³-hybridized carbons (Fsp3) is 0.0294. The zero-order valence-corrected chi connectivity index (χ0v) is 25.1. The molecule has 0 fully saturated rings. The molecule has 3 aromatic heterocycles. The number of pyridine rings is 1. The fourth-order valence-corrected chi connectivity index (χ4v) is 6.01. The number of halogens is 3. The standard InChI is InChI=1S/C34H20Cl3N3O4/c1-17-12-13-20-24(14-17)44-34(43)25-21(15-23(38-31(20)25)26-27(35)28(36)33(42)29(37)32(26)41)22-16-40(19-10-6-3-7-11-19)39-30(22)18-8-4-2-5-9-18/h2-16,41-42H,1H3. The van der Waals surface area contributed by atoms with Crippen LogP contribution in [0, 0.1) is 6.92 Å². The maximum absolute atomic E-state index is 13.8. The summed E-state index contributed by atoms with van der Waals surface area (Å²) in [6, 6.07) is 26.2. The van der Waals surface area contributed by atoms with Gasteiger partial charge in [0.05, 0.1) is 32.9 Å². The summed E-state index contributed by atoms with van der Waals surface area (Å²) in [5.41, 5.74) is 4.34. The van der Waals surface area contributed by atoms with Gasteiger partial charge in [-0.05, 0) is 42.8 Å². The number of aryl methyl sites for hydroxylation is 1. The summed E-state index contributed by atoms with van der Waals surface area (Å²) in [7, 11) is 0. The predicted molar refractivity (Wildman–Crippen MR) is 174 cm³/mol. The van der Waals surface area contributed by atoms with Crippen molar-refractivity contribution < 1.29 is 14.6 Å². The number of aromatic hydroxyl groups is 2. The Morgan fingerprint density at radius 3 is 2.23 bits per heavy atom.